The average Bonchev–Trinajstić information content (AvgIpc) is 2.16. The summed E-state index contributed by atoms with van der Waals surface area (Å²) in [6.07, 6.45) is 0.0759. The quantitative estimate of drug-likeness (QED) is 0.567. The maximum atomic E-state index is 10.9. The van der Waals surface area contributed by atoms with Crippen LogP contribution in [0.4, 0.5) is 0 Å². The first-order valence-electron chi connectivity index (χ1n) is 5.44. The summed E-state index contributed by atoms with van der Waals surface area (Å²) in [5.74, 6) is -0.0404. The number of hydrogen-bond acceptors (Lipinski definition) is 3. The van der Waals surface area contributed by atoms with Crippen molar-refractivity contribution in [3.05, 3.63) is 12.2 Å². The van der Waals surface area contributed by atoms with Gasteiger partial charge in [0, 0.05) is 5.57 Å². The van der Waals surface area contributed by atoms with Gasteiger partial charge in [0.2, 0.25) is 0 Å². The molecule has 0 bridgehead atoms. The number of aliphatic hydroxyl groups excluding tert-OH is 1. The molecule has 0 aliphatic carbocycles. The Kier molecular flexibility index (Phi) is 10.7. The van der Waals surface area contributed by atoms with E-state index in [2.05, 4.69) is 6.58 Å². The van der Waals surface area contributed by atoms with E-state index in [4.69, 9.17) is 4.74 Å². The highest BCUT2D eigenvalue weighted by atomic mass is 16.5. The van der Waals surface area contributed by atoms with Crippen molar-refractivity contribution in [1.82, 2.24) is 0 Å². The van der Waals surface area contributed by atoms with Crippen LogP contribution in [0.2, 0.25) is 0 Å². The van der Waals surface area contributed by atoms with Crippen LogP contribution in [0, 0.1) is 5.92 Å². The molecule has 0 saturated carbocycles. The third-order valence-corrected chi connectivity index (χ3v) is 1.50. The minimum atomic E-state index is -0.566. The molecular formula is C12H24O3. The molecule has 0 amide bonds. The minimum Gasteiger partial charge on any atom is -0.460 e. The monoisotopic (exact) mass is 216 g/mol. The molecule has 0 heterocycles. The fraction of sp³-hybridized carbons (Fsp3) is 0.750. The topological polar surface area (TPSA) is 46.5 Å². The zero-order chi connectivity index (χ0) is 12.4. The van der Waals surface area contributed by atoms with Gasteiger partial charge in [-0.05, 0) is 19.3 Å². The van der Waals surface area contributed by atoms with Gasteiger partial charge in [0.1, 0.15) is 6.61 Å². The van der Waals surface area contributed by atoms with Gasteiger partial charge in [0.05, 0.1) is 6.10 Å². The third-order valence-electron chi connectivity index (χ3n) is 1.50. The molecule has 0 aliphatic rings. The van der Waals surface area contributed by atoms with Crippen LogP contribution in [-0.4, -0.2) is 23.8 Å². The Morgan fingerprint density at radius 3 is 2.20 bits per heavy atom. The second-order valence-electron chi connectivity index (χ2n) is 3.66. The minimum absolute atomic E-state index is 0.0594. The molecule has 0 aromatic heterocycles. The Morgan fingerprint density at radius 2 is 1.87 bits per heavy atom. The summed E-state index contributed by atoms with van der Waals surface area (Å²) >= 11 is 0. The van der Waals surface area contributed by atoms with Gasteiger partial charge in [-0.3, -0.25) is 0 Å². The molecule has 1 unspecified atom stereocenters. The maximum absolute atomic E-state index is 10.9. The van der Waals surface area contributed by atoms with E-state index in [9.17, 15) is 9.90 Å². The van der Waals surface area contributed by atoms with E-state index < -0.39 is 12.1 Å². The van der Waals surface area contributed by atoms with Gasteiger partial charge in [-0.1, -0.05) is 34.3 Å². The normalized spacial score (nSPS) is 11.4. The molecule has 0 saturated heterocycles. The highest BCUT2D eigenvalue weighted by Crippen LogP contribution is 2.05. The van der Waals surface area contributed by atoms with Crippen LogP contribution in [-0.2, 0) is 9.53 Å². The predicted octanol–water partition coefficient (Wildman–Crippen LogP) is 2.54. The highest BCUT2D eigenvalue weighted by molar-refractivity contribution is 5.86. The van der Waals surface area contributed by atoms with Crippen LogP contribution in [0.5, 0.6) is 0 Å². The van der Waals surface area contributed by atoms with Gasteiger partial charge >= 0.3 is 5.97 Å². The first kappa shape index (κ1) is 16.6. The zero-order valence-electron chi connectivity index (χ0n) is 10.5. The second-order valence-corrected chi connectivity index (χ2v) is 3.66. The van der Waals surface area contributed by atoms with Crippen molar-refractivity contribution in [2.75, 3.05) is 6.61 Å². The van der Waals surface area contributed by atoms with Crippen LogP contribution < -0.4 is 0 Å². The number of rotatable bonds is 5. The molecule has 0 fully saturated rings. The van der Waals surface area contributed by atoms with Gasteiger partial charge in [-0.15, -0.1) is 0 Å². The van der Waals surface area contributed by atoms with E-state index in [1.165, 1.54) is 0 Å². The van der Waals surface area contributed by atoms with Crippen LogP contribution >= 0.6 is 0 Å². The van der Waals surface area contributed by atoms with Crippen LogP contribution in [0.3, 0.4) is 0 Å². The molecule has 0 rings (SSSR count). The van der Waals surface area contributed by atoms with E-state index in [0.717, 1.165) is 0 Å². The molecule has 0 aromatic carbocycles. The summed E-state index contributed by atoms with van der Waals surface area (Å²) in [6.45, 7) is 13.1. The fourth-order valence-corrected chi connectivity index (χ4v) is 0.907. The standard InChI is InChI=1S/C10H18O3.C2H6/c1-7(2)5-9(11)6-13-10(12)8(3)4;1-2/h7,9,11H,3,5-6H2,1-2,4H3;1-2H3. The Balaban J connectivity index is 0. The smallest absolute Gasteiger partial charge is 0.333 e. The lowest BCUT2D eigenvalue weighted by Crippen LogP contribution is -2.20. The van der Waals surface area contributed by atoms with Gasteiger partial charge in [-0.2, -0.15) is 0 Å². The molecule has 3 nitrogen and oxygen atoms in total. The molecule has 1 N–H and O–H groups in total. The Labute approximate surface area is 93.1 Å². The average molecular weight is 216 g/mol. The van der Waals surface area contributed by atoms with Crippen molar-refractivity contribution < 1.29 is 14.6 Å². The first-order chi connectivity index (χ1) is 6.93. The molecule has 15 heavy (non-hydrogen) atoms. The number of esters is 1. The van der Waals surface area contributed by atoms with Gasteiger partial charge in [0.15, 0.2) is 0 Å². The number of carbonyl (C=O) groups is 1. The van der Waals surface area contributed by atoms with E-state index in [-0.39, 0.29) is 6.61 Å². The SMILES string of the molecule is C=C(C)C(=O)OCC(O)CC(C)C.CC. The van der Waals surface area contributed by atoms with Crippen molar-refractivity contribution in [1.29, 1.82) is 0 Å². The molecule has 90 valence electrons. The number of carbonyl (C=O) groups excluding carboxylic acids is 1. The number of ether oxygens (including phenoxy) is 1. The summed E-state index contributed by atoms with van der Waals surface area (Å²) < 4.78 is 4.78. The van der Waals surface area contributed by atoms with Crippen molar-refractivity contribution in [2.45, 2.75) is 47.1 Å². The third kappa shape index (κ3) is 11.1. The molecule has 0 aromatic rings. The van der Waals surface area contributed by atoms with Crippen LogP contribution in [0.25, 0.3) is 0 Å². The van der Waals surface area contributed by atoms with Crippen LogP contribution in [0.15, 0.2) is 12.2 Å². The molecule has 0 radical (unpaired) electrons. The predicted molar refractivity (Wildman–Crippen MR) is 62.6 cm³/mol. The first-order valence-corrected chi connectivity index (χ1v) is 5.44. The Morgan fingerprint density at radius 1 is 1.40 bits per heavy atom. The summed E-state index contributed by atoms with van der Waals surface area (Å²) in [6, 6.07) is 0. The van der Waals surface area contributed by atoms with Gasteiger partial charge < -0.3 is 9.84 Å². The van der Waals surface area contributed by atoms with Crippen molar-refractivity contribution in [2.24, 2.45) is 5.92 Å². The van der Waals surface area contributed by atoms with E-state index in [1.807, 2.05) is 27.7 Å². The maximum Gasteiger partial charge on any atom is 0.333 e. The zero-order valence-corrected chi connectivity index (χ0v) is 10.5. The lowest BCUT2D eigenvalue weighted by atomic mass is 10.1. The number of hydrogen-bond donors (Lipinski definition) is 1. The largest absolute Gasteiger partial charge is 0.460 e. The van der Waals surface area contributed by atoms with Crippen molar-refractivity contribution in [3.8, 4) is 0 Å². The summed E-state index contributed by atoms with van der Waals surface area (Å²) in [4.78, 5) is 10.9. The van der Waals surface area contributed by atoms with Crippen molar-refractivity contribution in [3.63, 3.8) is 0 Å². The van der Waals surface area contributed by atoms with Crippen molar-refractivity contribution >= 4 is 5.97 Å². The summed E-state index contributed by atoms with van der Waals surface area (Å²) in [7, 11) is 0. The lowest BCUT2D eigenvalue weighted by Gasteiger charge is -2.12. The molecule has 0 spiro atoms. The summed E-state index contributed by atoms with van der Waals surface area (Å²) in [5, 5.41) is 9.34. The highest BCUT2D eigenvalue weighted by Gasteiger charge is 2.10. The van der Waals surface area contributed by atoms with E-state index in [0.29, 0.717) is 17.9 Å². The van der Waals surface area contributed by atoms with Gasteiger partial charge in [0.25, 0.3) is 0 Å². The molecule has 3 heteroatoms. The van der Waals surface area contributed by atoms with Gasteiger partial charge in [-0.25, -0.2) is 4.79 Å². The molecule has 1 atom stereocenters. The summed E-state index contributed by atoms with van der Waals surface area (Å²) in [5.41, 5.74) is 0.358. The molecular weight excluding hydrogens is 192 g/mol. The Bertz CT molecular complexity index is 185. The van der Waals surface area contributed by atoms with E-state index >= 15 is 0 Å². The van der Waals surface area contributed by atoms with Crippen LogP contribution in [0.1, 0.15) is 41.0 Å². The second kappa shape index (κ2) is 9.71. The fourth-order valence-electron chi connectivity index (χ4n) is 0.907. The molecule has 0 aliphatic heterocycles. The number of aliphatic hydroxyl groups is 1. The lowest BCUT2D eigenvalue weighted by molar-refractivity contribution is -0.142. The van der Waals surface area contributed by atoms with E-state index in [1.54, 1.807) is 6.92 Å². The Hall–Kier alpha value is -0.830.